The highest BCUT2D eigenvalue weighted by Gasteiger charge is 2.11. The first kappa shape index (κ1) is 14.0. The van der Waals surface area contributed by atoms with Crippen LogP contribution in [0.25, 0.3) is 6.08 Å². The Hall–Kier alpha value is -2.42. The number of nitro groups is 1. The van der Waals surface area contributed by atoms with Crippen LogP contribution in [0.4, 0.5) is 0 Å². The van der Waals surface area contributed by atoms with Crippen molar-refractivity contribution in [2.24, 2.45) is 0 Å². The lowest BCUT2D eigenvalue weighted by Gasteiger charge is -2.03. The smallest absolute Gasteiger partial charge is 0.251 e. The Morgan fingerprint density at radius 2 is 1.80 bits per heavy atom. The Labute approximate surface area is 118 Å². The predicted molar refractivity (Wildman–Crippen MR) is 81.0 cm³/mol. The topological polar surface area (TPSA) is 43.1 Å². The molecule has 2 rings (SSSR count). The summed E-state index contributed by atoms with van der Waals surface area (Å²) >= 11 is 0. The highest BCUT2D eigenvalue weighted by molar-refractivity contribution is 5.53. The third-order valence-corrected chi connectivity index (χ3v) is 3.33. The minimum absolute atomic E-state index is 0.208. The van der Waals surface area contributed by atoms with Gasteiger partial charge >= 0.3 is 0 Å². The van der Waals surface area contributed by atoms with Crippen molar-refractivity contribution in [3.63, 3.8) is 0 Å². The van der Waals surface area contributed by atoms with Crippen LogP contribution in [0, 0.1) is 24.0 Å². The van der Waals surface area contributed by atoms with Crippen molar-refractivity contribution >= 4 is 6.08 Å². The number of aryl methyl sites for hydroxylation is 2. The van der Waals surface area contributed by atoms with Crippen molar-refractivity contribution in [2.75, 3.05) is 0 Å². The minimum Gasteiger partial charge on any atom is -0.259 e. The molecule has 3 heteroatoms. The molecule has 0 aliphatic rings. The van der Waals surface area contributed by atoms with E-state index in [-0.39, 0.29) is 10.6 Å². The first-order valence-corrected chi connectivity index (χ1v) is 6.52. The summed E-state index contributed by atoms with van der Waals surface area (Å²) in [5.74, 6) is 0. The van der Waals surface area contributed by atoms with Crippen LogP contribution in [0.3, 0.4) is 0 Å². The van der Waals surface area contributed by atoms with Gasteiger partial charge in [0.25, 0.3) is 5.70 Å². The van der Waals surface area contributed by atoms with Crippen LogP contribution < -0.4 is 0 Å². The van der Waals surface area contributed by atoms with Gasteiger partial charge in [-0.05, 0) is 36.1 Å². The molecular formula is C17H17NO2. The summed E-state index contributed by atoms with van der Waals surface area (Å²) in [5.41, 5.74) is 4.35. The molecule has 0 spiro atoms. The zero-order chi connectivity index (χ0) is 14.5. The van der Waals surface area contributed by atoms with Crippen LogP contribution >= 0.6 is 0 Å². The predicted octanol–water partition coefficient (Wildman–Crippen LogP) is 4.16. The van der Waals surface area contributed by atoms with Crippen molar-refractivity contribution < 1.29 is 4.92 Å². The van der Waals surface area contributed by atoms with Crippen LogP contribution in [-0.2, 0) is 6.42 Å². The average Bonchev–Trinajstić information content (AvgIpc) is 2.43. The van der Waals surface area contributed by atoms with Gasteiger partial charge in [0.05, 0.1) is 11.3 Å². The van der Waals surface area contributed by atoms with Crippen molar-refractivity contribution in [2.45, 2.75) is 20.3 Å². The molecule has 0 saturated carbocycles. The summed E-state index contributed by atoms with van der Waals surface area (Å²) < 4.78 is 0. The molecule has 2 aromatic rings. The van der Waals surface area contributed by atoms with E-state index in [1.807, 2.05) is 62.4 Å². The van der Waals surface area contributed by atoms with Crippen LogP contribution in [0.1, 0.15) is 22.3 Å². The van der Waals surface area contributed by atoms with Crippen LogP contribution in [0.2, 0.25) is 0 Å². The van der Waals surface area contributed by atoms with E-state index in [1.165, 1.54) is 5.56 Å². The second-order valence-electron chi connectivity index (χ2n) is 4.90. The molecule has 0 aliphatic heterocycles. The summed E-state index contributed by atoms with van der Waals surface area (Å²) in [5, 5.41) is 11.2. The molecule has 0 atom stereocenters. The number of allylic oxidation sites excluding steroid dienone is 1. The van der Waals surface area contributed by atoms with E-state index >= 15 is 0 Å². The molecule has 0 amide bonds. The molecule has 0 aliphatic carbocycles. The molecule has 20 heavy (non-hydrogen) atoms. The normalized spacial score (nSPS) is 11.4. The number of hydrogen-bond acceptors (Lipinski definition) is 2. The van der Waals surface area contributed by atoms with Crippen molar-refractivity contribution in [1.82, 2.24) is 0 Å². The number of benzene rings is 2. The zero-order valence-electron chi connectivity index (χ0n) is 11.7. The SMILES string of the molecule is Cc1ccc(C=C(Cc2ccccc2)[N+](=O)[O-])cc1C. The van der Waals surface area contributed by atoms with Crippen LogP contribution in [0.15, 0.2) is 54.2 Å². The van der Waals surface area contributed by atoms with Gasteiger partial charge in [0.1, 0.15) is 0 Å². The fraction of sp³-hybridized carbons (Fsp3) is 0.176. The molecule has 2 aromatic carbocycles. The van der Waals surface area contributed by atoms with Gasteiger partial charge in [-0.3, -0.25) is 10.1 Å². The summed E-state index contributed by atoms with van der Waals surface area (Å²) in [6, 6.07) is 15.4. The molecule has 0 aromatic heterocycles. The highest BCUT2D eigenvalue weighted by Crippen LogP contribution is 2.16. The van der Waals surface area contributed by atoms with Gasteiger partial charge in [-0.2, -0.15) is 0 Å². The van der Waals surface area contributed by atoms with Crippen LogP contribution in [-0.4, -0.2) is 4.92 Å². The maximum atomic E-state index is 11.2. The van der Waals surface area contributed by atoms with Crippen molar-refractivity contribution in [3.8, 4) is 0 Å². The highest BCUT2D eigenvalue weighted by atomic mass is 16.6. The maximum Gasteiger partial charge on any atom is 0.251 e. The fourth-order valence-electron chi connectivity index (χ4n) is 2.02. The van der Waals surface area contributed by atoms with E-state index in [9.17, 15) is 10.1 Å². The molecule has 0 radical (unpaired) electrons. The van der Waals surface area contributed by atoms with Gasteiger partial charge in [-0.15, -0.1) is 0 Å². The molecule has 0 bridgehead atoms. The molecule has 3 nitrogen and oxygen atoms in total. The van der Waals surface area contributed by atoms with Crippen molar-refractivity contribution in [1.29, 1.82) is 0 Å². The summed E-state index contributed by atoms with van der Waals surface area (Å²) in [7, 11) is 0. The quantitative estimate of drug-likeness (QED) is 0.616. The lowest BCUT2D eigenvalue weighted by atomic mass is 10.0. The molecular weight excluding hydrogens is 250 g/mol. The molecule has 102 valence electrons. The third-order valence-electron chi connectivity index (χ3n) is 3.33. The third kappa shape index (κ3) is 3.54. The first-order chi connectivity index (χ1) is 9.56. The first-order valence-electron chi connectivity index (χ1n) is 6.52. The van der Waals surface area contributed by atoms with Crippen molar-refractivity contribution in [3.05, 3.63) is 86.6 Å². The molecule has 0 heterocycles. The minimum atomic E-state index is -0.303. The average molecular weight is 267 g/mol. The molecule has 0 fully saturated rings. The number of nitrogens with zero attached hydrogens (tertiary/aromatic N) is 1. The van der Waals surface area contributed by atoms with E-state index in [0.29, 0.717) is 6.42 Å². The zero-order valence-corrected chi connectivity index (χ0v) is 11.7. The van der Waals surface area contributed by atoms with E-state index in [0.717, 1.165) is 16.7 Å². The molecule has 0 saturated heterocycles. The summed E-state index contributed by atoms with van der Waals surface area (Å²) in [4.78, 5) is 10.9. The van der Waals surface area contributed by atoms with Gasteiger partial charge < -0.3 is 0 Å². The Morgan fingerprint density at radius 1 is 1.10 bits per heavy atom. The molecule has 0 N–H and O–H groups in total. The maximum absolute atomic E-state index is 11.2. The number of hydrogen-bond donors (Lipinski definition) is 0. The monoisotopic (exact) mass is 267 g/mol. The van der Waals surface area contributed by atoms with E-state index in [2.05, 4.69) is 0 Å². The lowest BCUT2D eigenvalue weighted by Crippen LogP contribution is -2.02. The van der Waals surface area contributed by atoms with E-state index in [4.69, 9.17) is 0 Å². The van der Waals surface area contributed by atoms with Gasteiger partial charge in [0.15, 0.2) is 0 Å². The lowest BCUT2D eigenvalue weighted by molar-refractivity contribution is -0.425. The van der Waals surface area contributed by atoms with Gasteiger partial charge in [-0.25, -0.2) is 0 Å². The van der Waals surface area contributed by atoms with Gasteiger partial charge in [0.2, 0.25) is 0 Å². The summed E-state index contributed by atoms with van der Waals surface area (Å²) in [6.45, 7) is 4.04. The second kappa shape index (κ2) is 6.15. The standard InChI is InChI=1S/C17H17NO2/c1-13-8-9-16(10-14(13)2)12-17(18(19)20)11-15-6-4-3-5-7-15/h3-10,12H,11H2,1-2H3. The fourth-order valence-corrected chi connectivity index (χ4v) is 2.02. The Bertz CT molecular complexity index is 645. The van der Waals surface area contributed by atoms with Gasteiger partial charge in [0, 0.05) is 6.08 Å². The Balaban J connectivity index is 2.30. The summed E-state index contributed by atoms with van der Waals surface area (Å²) in [6.07, 6.45) is 1.99. The largest absolute Gasteiger partial charge is 0.259 e. The van der Waals surface area contributed by atoms with E-state index in [1.54, 1.807) is 6.08 Å². The molecule has 0 unspecified atom stereocenters. The number of rotatable bonds is 4. The Morgan fingerprint density at radius 3 is 2.40 bits per heavy atom. The Kier molecular flexibility index (Phi) is 4.31. The van der Waals surface area contributed by atoms with Gasteiger partial charge in [-0.1, -0.05) is 48.5 Å². The van der Waals surface area contributed by atoms with Crippen LogP contribution in [0.5, 0.6) is 0 Å². The second-order valence-corrected chi connectivity index (χ2v) is 4.90. The van der Waals surface area contributed by atoms with E-state index < -0.39 is 0 Å².